The molecule has 7 heteroatoms. The zero-order valence-corrected chi connectivity index (χ0v) is 16.2. The third kappa shape index (κ3) is 4.35. The van der Waals surface area contributed by atoms with Crippen LogP contribution in [0.2, 0.25) is 0 Å². The first-order valence-corrected chi connectivity index (χ1v) is 9.70. The largest absolute Gasteiger partial charge is 0.493 e. The van der Waals surface area contributed by atoms with E-state index in [1.54, 1.807) is 36.1 Å². The molecule has 2 heterocycles. The monoisotopic (exact) mass is 387 g/mol. The van der Waals surface area contributed by atoms with E-state index in [0.717, 1.165) is 6.42 Å². The minimum atomic E-state index is -0.669. The number of esters is 1. The number of carbonyl (C=O) groups is 2. The fourth-order valence-corrected chi connectivity index (χ4v) is 3.30. The second-order valence-corrected chi connectivity index (χ2v) is 6.81. The number of ether oxygens (including phenoxy) is 2. The predicted molar refractivity (Wildman–Crippen MR) is 104 cm³/mol. The highest BCUT2D eigenvalue weighted by Crippen LogP contribution is 2.23. The van der Waals surface area contributed by atoms with Crippen LogP contribution in [0.3, 0.4) is 0 Å². The number of hydrogen-bond donors (Lipinski definition) is 0. The van der Waals surface area contributed by atoms with Gasteiger partial charge in [0, 0.05) is 24.5 Å². The second-order valence-electron chi connectivity index (χ2n) is 6.81. The van der Waals surface area contributed by atoms with Crippen LogP contribution < -0.4 is 10.4 Å². The molecule has 0 atom stereocenters. The van der Waals surface area contributed by atoms with E-state index in [1.165, 1.54) is 0 Å². The second kappa shape index (κ2) is 8.91. The van der Waals surface area contributed by atoms with E-state index >= 15 is 0 Å². The topological polar surface area (TPSA) is 86.0 Å². The molecule has 1 fully saturated rings. The SMILES string of the molecule is CCCOc1ccc2cc(C(=O)N3CCC(C(=O)OCC)CC3)c(=O)oc2c1. The van der Waals surface area contributed by atoms with E-state index < -0.39 is 5.63 Å². The minimum absolute atomic E-state index is 0.00399. The quantitative estimate of drug-likeness (QED) is 0.559. The van der Waals surface area contributed by atoms with Crippen LogP contribution in [0, 0.1) is 5.92 Å². The number of rotatable bonds is 6. The number of benzene rings is 1. The Hall–Kier alpha value is -2.83. The average molecular weight is 387 g/mol. The number of carbonyl (C=O) groups excluding carboxylic acids is 2. The fourth-order valence-electron chi connectivity index (χ4n) is 3.30. The maximum atomic E-state index is 12.8. The van der Waals surface area contributed by atoms with Gasteiger partial charge < -0.3 is 18.8 Å². The third-order valence-corrected chi connectivity index (χ3v) is 4.81. The van der Waals surface area contributed by atoms with Crippen molar-refractivity contribution in [3.8, 4) is 5.75 Å². The third-order valence-electron chi connectivity index (χ3n) is 4.81. The van der Waals surface area contributed by atoms with Crippen LogP contribution in [0.5, 0.6) is 5.75 Å². The van der Waals surface area contributed by atoms with Gasteiger partial charge in [0.05, 0.1) is 19.1 Å². The van der Waals surface area contributed by atoms with Gasteiger partial charge in [-0.25, -0.2) is 4.79 Å². The predicted octanol–water partition coefficient (Wildman–Crippen LogP) is 3.00. The first kappa shape index (κ1) is 19.9. The van der Waals surface area contributed by atoms with Crippen LogP contribution in [-0.2, 0) is 9.53 Å². The van der Waals surface area contributed by atoms with Gasteiger partial charge in [-0.3, -0.25) is 9.59 Å². The van der Waals surface area contributed by atoms with Gasteiger partial charge >= 0.3 is 11.6 Å². The van der Waals surface area contributed by atoms with Gasteiger partial charge in [-0.05, 0) is 44.4 Å². The molecule has 0 bridgehead atoms. The minimum Gasteiger partial charge on any atom is -0.493 e. The number of nitrogens with zero attached hydrogens (tertiary/aromatic N) is 1. The van der Waals surface area contributed by atoms with Crippen LogP contribution in [0.1, 0.15) is 43.5 Å². The van der Waals surface area contributed by atoms with Crippen LogP contribution >= 0.6 is 0 Å². The van der Waals surface area contributed by atoms with Gasteiger partial charge in [0.15, 0.2) is 0 Å². The lowest BCUT2D eigenvalue weighted by Gasteiger charge is -2.30. The molecule has 1 saturated heterocycles. The van der Waals surface area contributed by atoms with Crippen molar-refractivity contribution < 1.29 is 23.5 Å². The summed E-state index contributed by atoms with van der Waals surface area (Å²) in [5.41, 5.74) is -0.279. The standard InChI is InChI=1S/C21H25NO6/c1-3-11-27-16-6-5-15-12-17(21(25)28-18(15)13-16)19(23)22-9-7-14(8-10-22)20(24)26-4-2/h5-6,12-14H,3-4,7-11H2,1-2H3. The van der Waals surface area contributed by atoms with Crippen molar-refractivity contribution in [2.75, 3.05) is 26.3 Å². The Balaban J connectivity index is 1.74. The van der Waals surface area contributed by atoms with Gasteiger partial charge in [-0.1, -0.05) is 6.92 Å². The summed E-state index contributed by atoms with van der Waals surface area (Å²) < 4.78 is 16.0. The Labute approximate surface area is 163 Å². The molecule has 0 radical (unpaired) electrons. The highest BCUT2D eigenvalue weighted by Gasteiger charge is 2.30. The van der Waals surface area contributed by atoms with E-state index in [9.17, 15) is 14.4 Å². The normalized spacial score (nSPS) is 14.9. The summed E-state index contributed by atoms with van der Waals surface area (Å²) in [6.45, 7) is 5.52. The van der Waals surface area contributed by atoms with Crippen molar-refractivity contribution >= 4 is 22.8 Å². The summed E-state index contributed by atoms with van der Waals surface area (Å²) >= 11 is 0. The molecule has 1 aliphatic rings. The van der Waals surface area contributed by atoms with Crippen molar-refractivity contribution in [3.63, 3.8) is 0 Å². The molecule has 0 unspecified atom stereocenters. The Morgan fingerprint density at radius 2 is 1.93 bits per heavy atom. The van der Waals surface area contributed by atoms with Gasteiger partial charge in [0.25, 0.3) is 5.91 Å². The van der Waals surface area contributed by atoms with Crippen molar-refractivity contribution in [1.29, 1.82) is 0 Å². The molecule has 1 aromatic carbocycles. The molecule has 1 aliphatic heterocycles. The Bertz CT molecular complexity index is 911. The van der Waals surface area contributed by atoms with Crippen LogP contribution in [0.25, 0.3) is 11.0 Å². The number of piperidine rings is 1. The van der Waals surface area contributed by atoms with Crippen LogP contribution in [-0.4, -0.2) is 43.1 Å². The Morgan fingerprint density at radius 3 is 2.61 bits per heavy atom. The summed E-state index contributed by atoms with van der Waals surface area (Å²) in [5.74, 6) is -0.165. The first-order valence-electron chi connectivity index (χ1n) is 9.70. The highest BCUT2D eigenvalue weighted by molar-refractivity contribution is 5.97. The van der Waals surface area contributed by atoms with Gasteiger partial charge in [-0.2, -0.15) is 0 Å². The maximum Gasteiger partial charge on any atom is 0.349 e. The summed E-state index contributed by atoms with van der Waals surface area (Å²) in [7, 11) is 0. The average Bonchev–Trinajstić information content (AvgIpc) is 2.71. The number of fused-ring (bicyclic) bond motifs is 1. The molecule has 0 saturated carbocycles. The summed E-state index contributed by atoms with van der Waals surface area (Å²) in [5, 5.41) is 0.660. The Kier molecular flexibility index (Phi) is 6.34. The molecular weight excluding hydrogens is 362 g/mol. The van der Waals surface area contributed by atoms with Crippen molar-refractivity contribution in [2.24, 2.45) is 5.92 Å². The van der Waals surface area contributed by atoms with E-state index in [1.807, 2.05) is 6.92 Å². The molecule has 2 aromatic rings. The molecule has 150 valence electrons. The molecule has 28 heavy (non-hydrogen) atoms. The van der Waals surface area contributed by atoms with Gasteiger partial charge in [-0.15, -0.1) is 0 Å². The molecule has 3 rings (SSSR count). The number of amides is 1. The Morgan fingerprint density at radius 1 is 1.18 bits per heavy atom. The van der Waals surface area contributed by atoms with Crippen LogP contribution in [0.4, 0.5) is 0 Å². The fraction of sp³-hybridized carbons (Fsp3) is 0.476. The molecule has 1 amide bonds. The highest BCUT2D eigenvalue weighted by atomic mass is 16.5. The van der Waals surface area contributed by atoms with Gasteiger partial charge in [0.1, 0.15) is 16.9 Å². The van der Waals surface area contributed by atoms with E-state index in [2.05, 4.69) is 0 Å². The lowest BCUT2D eigenvalue weighted by molar-refractivity contribution is -0.149. The number of likely N-dealkylation sites (tertiary alicyclic amines) is 1. The first-order chi connectivity index (χ1) is 13.5. The molecular formula is C21H25NO6. The summed E-state index contributed by atoms with van der Waals surface area (Å²) in [6.07, 6.45) is 1.94. The van der Waals surface area contributed by atoms with Crippen molar-refractivity contribution in [1.82, 2.24) is 4.90 Å². The molecule has 0 aliphatic carbocycles. The van der Waals surface area contributed by atoms with Gasteiger partial charge in [0.2, 0.25) is 0 Å². The molecule has 0 spiro atoms. The maximum absolute atomic E-state index is 12.8. The lowest BCUT2D eigenvalue weighted by atomic mass is 9.96. The molecule has 0 N–H and O–H groups in total. The summed E-state index contributed by atoms with van der Waals surface area (Å²) in [4.78, 5) is 38.6. The molecule has 1 aromatic heterocycles. The van der Waals surface area contributed by atoms with Crippen molar-refractivity contribution in [3.05, 3.63) is 40.2 Å². The summed E-state index contributed by atoms with van der Waals surface area (Å²) in [6, 6.07) is 6.78. The zero-order chi connectivity index (χ0) is 20.1. The van der Waals surface area contributed by atoms with E-state index in [4.69, 9.17) is 13.9 Å². The van der Waals surface area contributed by atoms with Crippen molar-refractivity contribution in [2.45, 2.75) is 33.1 Å². The smallest absolute Gasteiger partial charge is 0.349 e. The zero-order valence-electron chi connectivity index (χ0n) is 16.2. The van der Waals surface area contributed by atoms with Crippen LogP contribution in [0.15, 0.2) is 33.5 Å². The lowest BCUT2D eigenvalue weighted by Crippen LogP contribution is -2.42. The van der Waals surface area contributed by atoms with E-state index in [0.29, 0.717) is 55.9 Å². The molecule has 7 nitrogen and oxygen atoms in total. The van der Waals surface area contributed by atoms with E-state index in [-0.39, 0.29) is 23.4 Å². The number of hydrogen-bond acceptors (Lipinski definition) is 6.